The van der Waals surface area contributed by atoms with Crippen LogP contribution in [0.15, 0.2) is 24.3 Å². The number of aliphatic hydroxyl groups is 1. The number of fused-ring (bicyclic) bond motifs is 2. The number of morpholine rings is 1. The van der Waals surface area contributed by atoms with Crippen LogP contribution in [-0.2, 0) is 37.3 Å². The Bertz CT molecular complexity index is 1330. The quantitative estimate of drug-likeness (QED) is 0.449. The first-order chi connectivity index (χ1) is 19.5. The maximum atomic E-state index is 13.2. The molecule has 0 bridgehead atoms. The first-order valence-electron chi connectivity index (χ1n) is 14.6. The van der Waals surface area contributed by atoms with E-state index in [1.54, 1.807) is 0 Å². The van der Waals surface area contributed by atoms with Gasteiger partial charge >= 0.3 is 0 Å². The predicted octanol–water partition coefficient (Wildman–Crippen LogP) is 3.53. The fourth-order valence-electron chi connectivity index (χ4n) is 7.25. The Hall–Kier alpha value is -1.92. The summed E-state index contributed by atoms with van der Waals surface area (Å²) in [5, 5.41) is 15.3. The third-order valence-electron chi connectivity index (χ3n) is 9.50. The molecule has 1 saturated heterocycles. The van der Waals surface area contributed by atoms with Gasteiger partial charge in [-0.1, -0.05) is 32.9 Å². The van der Waals surface area contributed by atoms with Crippen molar-refractivity contribution in [3.63, 3.8) is 0 Å². The van der Waals surface area contributed by atoms with Crippen LogP contribution in [0.4, 0.5) is 4.39 Å². The van der Waals surface area contributed by atoms with E-state index in [2.05, 4.69) is 24.1 Å². The van der Waals surface area contributed by atoms with Gasteiger partial charge in [-0.15, -0.1) is 11.3 Å². The van der Waals surface area contributed by atoms with Crippen LogP contribution in [0.25, 0.3) is 0 Å². The van der Waals surface area contributed by atoms with Crippen LogP contribution in [0, 0.1) is 29.0 Å². The van der Waals surface area contributed by atoms with Crippen molar-refractivity contribution in [1.82, 2.24) is 15.2 Å². The third-order valence-corrected chi connectivity index (χ3v) is 12.2. The number of hydrogen-bond acceptors (Lipinski definition) is 8. The van der Waals surface area contributed by atoms with Crippen LogP contribution in [0.1, 0.15) is 60.7 Å². The second-order valence-corrected chi connectivity index (χ2v) is 15.7. The van der Waals surface area contributed by atoms with Crippen molar-refractivity contribution in [3.05, 3.63) is 51.2 Å². The van der Waals surface area contributed by atoms with E-state index in [1.807, 2.05) is 6.92 Å². The Kier molecular flexibility index (Phi) is 9.21. The van der Waals surface area contributed by atoms with Gasteiger partial charge in [-0.3, -0.25) is 9.69 Å². The molecule has 1 amide bonds. The highest BCUT2D eigenvalue weighted by molar-refractivity contribution is 7.90. The molecule has 11 heteroatoms. The van der Waals surface area contributed by atoms with E-state index in [0.29, 0.717) is 17.1 Å². The summed E-state index contributed by atoms with van der Waals surface area (Å²) in [5.41, 5.74) is 1.28. The van der Waals surface area contributed by atoms with Crippen molar-refractivity contribution in [2.75, 3.05) is 39.4 Å². The number of halogens is 1. The predicted molar refractivity (Wildman–Crippen MR) is 157 cm³/mol. The number of amides is 1. The molecule has 41 heavy (non-hydrogen) atoms. The molecule has 2 N–H and O–H groups in total. The minimum absolute atomic E-state index is 0.0163. The van der Waals surface area contributed by atoms with Gasteiger partial charge in [0.15, 0.2) is 9.84 Å². The van der Waals surface area contributed by atoms with Gasteiger partial charge in [-0.2, -0.15) is 0 Å². The molecule has 1 aromatic heterocycles. The second-order valence-electron chi connectivity index (χ2n) is 12.4. The topological polar surface area (TPSA) is 109 Å². The van der Waals surface area contributed by atoms with E-state index in [-0.39, 0.29) is 46.5 Å². The van der Waals surface area contributed by atoms with Crippen LogP contribution in [0.5, 0.6) is 0 Å². The summed E-state index contributed by atoms with van der Waals surface area (Å²) in [4.78, 5) is 21.3. The minimum Gasteiger partial charge on any atom is -0.392 e. The van der Waals surface area contributed by atoms with Crippen LogP contribution in [0.3, 0.4) is 0 Å². The molecule has 3 aliphatic rings. The maximum absolute atomic E-state index is 13.2. The molecule has 6 atom stereocenters. The zero-order valence-corrected chi connectivity index (χ0v) is 25.8. The summed E-state index contributed by atoms with van der Waals surface area (Å²) in [6.45, 7) is 10.8. The number of carbonyl (C=O) groups excluding carboxylic acids is 1. The maximum Gasteiger partial charge on any atom is 0.223 e. The standard InChI is InChI=1S/C30H42FN3O5S2/c1-19(29(36)32-10-11-34-12-14-39-15-13-34)23-8-9-30(3)16-24-27(20(2)26(30)28(23)35)33-25(40-24)18-41(37,38)17-21-4-6-22(31)7-5-21/h4-7,19-20,23,26,28,35H,8-18H2,1-3H3,(H,32,36)/t19-,20-,23?,26+,28-,30-/m0/s1. The molecule has 2 heterocycles. The molecule has 8 nitrogen and oxygen atoms in total. The summed E-state index contributed by atoms with van der Waals surface area (Å²) < 4.78 is 44.5. The molecule has 2 aliphatic carbocycles. The number of nitrogens with one attached hydrogen (secondary N) is 1. The number of hydrogen-bond donors (Lipinski definition) is 2. The largest absolute Gasteiger partial charge is 0.392 e. The number of nitrogens with zero attached hydrogens (tertiary/aromatic N) is 2. The van der Waals surface area contributed by atoms with Crippen molar-refractivity contribution < 1.29 is 27.4 Å². The summed E-state index contributed by atoms with van der Waals surface area (Å²) >= 11 is 1.46. The molecular formula is C30H42FN3O5S2. The van der Waals surface area contributed by atoms with Crippen molar-refractivity contribution in [2.24, 2.45) is 23.2 Å². The molecule has 2 aromatic rings. The number of aromatic nitrogens is 1. The van der Waals surface area contributed by atoms with Crippen LogP contribution in [-0.4, -0.2) is 74.8 Å². The summed E-state index contributed by atoms with van der Waals surface area (Å²) in [6, 6.07) is 5.53. The lowest BCUT2D eigenvalue weighted by molar-refractivity contribution is -0.134. The summed E-state index contributed by atoms with van der Waals surface area (Å²) in [6.07, 6.45) is 1.76. The van der Waals surface area contributed by atoms with E-state index in [9.17, 15) is 22.7 Å². The Balaban J connectivity index is 1.24. The molecule has 1 aromatic carbocycles. The summed E-state index contributed by atoms with van der Waals surface area (Å²) in [5.74, 6) is -1.32. The highest BCUT2D eigenvalue weighted by atomic mass is 32.2. The third kappa shape index (κ3) is 6.85. The van der Waals surface area contributed by atoms with Gasteiger partial charge in [-0.05, 0) is 54.2 Å². The number of rotatable bonds is 9. The second kappa shape index (κ2) is 12.4. The number of ether oxygens (including phenoxy) is 1. The van der Waals surface area contributed by atoms with Gasteiger partial charge in [0.25, 0.3) is 0 Å². The Morgan fingerprint density at radius 1 is 1.27 bits per heavy atom. The number of aliphatic hydroxyl groups excluding tert-OH is 1. The van der Waals surface area contributed by atoms with Gasteiger partial charge in [0.2, 0.25) is 5.91 Å². The van der Waals surface area contributed by atoms with Crippen LogP contribution >= 0.6 is 11.3 Å². The molecule has 1 saturated carbocycles. The van der Waals surface area contributed by atoms with Crippen molar-refractivity contribution in [2.45, 2.75) is 63.6 Å². The van der Waals surface area contributed by atoms with Gasteiger partial charge < -0.3 is 15.2 Å². The lowest BCUT2D eigenvalue weighted by Crippen LogP contribution is -2.53. The van der Waals surface area contributed by atoms with E-state index < -0.39 is 21.8 Å². The summed E-state index contributed by atoms with van der Waals surface area (Å²) in [7, 11) is -3.49. The molecule has 2 fully saturated rings. The Labute approximate surface area is 246 Å². The highest BCUT2D eigenvalue weighted by Gasteiger charge is 2.53. The molecule has 1 aliphatic heterocycles. The first kappa shape index (κ1) is 30.5. The van der Waals surface area contributed by atoms with Gasteiger partial charge in [-0.25, -0.2) is 17.8 Å². The van der Waals surface area contributed by atoms with Crippen LogP contribution in [0.2, 0.25) is 0 Å². The zero-order chi connectivity index (χ0) is 29.4. The van der Waals surface area contributed by atoms with Gasteiger partial charge in [0.1, 0.15) is 16.6 Å². The highest BCUT2D eigenvalue weighted by Crippen LogP contribution is 2.57. The lowest BCUT2D eigenvalue weighted by Gasteiger charge is -2.53. The lowest BCUT2D eigenvalue weighted by atomic mass is 9.53. The van der Waals surface area contributed by atoms with Crippen molar-refractivity contribution in [1.29, 1.82) is 0 Å². The normalized spacial score (nSPS) is 29.4. The van der Waals surface area contributed by atoms with Gasteiger partial charge in [0.05, 0.1) is 30.8 Å². The molecular weight excluding hydrogens is 565 g/mol. The molecule has 226 valence electrons. The monoisotopic (exact) mass is 607 g/mol. The van der Waals surface area contributed by atoms with E-state index in [1.165, 1.54) is 35.6 Å². The van der Waals surface area contributed by atoms with E-state index in [0.717, 1.165) is 62.7 Å². The molecule has 0 radical (unpaired) electrons. The number of sulfone groups is 1. The first-order valence-corrected chi connectivity index (χ1v) is 17.3. The Morgan fingerprint density at radius 2 is 1.98 bits per heavy atom. The van der Waals surface area contributed by atoms with Gasteiger partial charge in [0, 0.05) is 42.9 Å². The molecule has 1 unspecified atom stereocenters. The van der Waals surface area contributed by atoms with Crippen LogP contribution < -0.4 is 5.32 Å². The minimum atomic E-state index is -3.49. The molecule has 0 spiro atoms. The van der Waals surface area contributed by atoms with Crippen molar-refractivity contribution in [3.8, 4) is 0 Å². The molecule has 5 rings (SSSR count). The Morgan fingerprint density at radius 3 is 2.68 bits per heavy atom. The zero-order valence-electron chi connectivity index (χ0n) is 24.1. The SMILES string of the molecule is C[C@H](C(=O)NCCN1CCOCC1)C1CC[C@@]2(C)Cc3sc(CS(=O)(=O)Cc4ccc(F)cc4)nc3[C@@H](C)[C@@H]2[C@H]1O. The fraction of sp³-hybridized carbons (Fsp3) is 0.667. The number of benzene rings is 1. The number of carbonyl (C=O) groups is 1. The average molecular weight is 608 g/mol. The fourth-order valence-corrected chi connectivity index (χ4v) is 10.4. The average Bonchev–Trinajstić information content (AvgIpc) is 3.31. The smallest absolute Gasteiger partial charge is 0.223 e. The van der Waals surface area contributed by atoms with Crippen molar-refractivity contribution >= 4 is 27.1 Å². The number of thiazole rings is 1. The van der Waals surface area contributed by atoms with E-state index >= 15 is 0 Å². The van der Waals surface area contributed by atoms with E-state index in [4.69, 9.17) is 9.72 Å².